The summed E-state index contributed by atoms with van der Waals surface area (Å²) in [4.78, 5) is 87.9. The van der Waals surface area contributed by atoms with Crippen LogP contribution in [0.25, 0.3) is 11.2 Å². The number of amides is 2. The fraction of sp³-hybridized carbons (Fsp3) is 0.724. The number of phosphoric acid groups is 3. The maximum atomic E-state index is 12.7. The minimum absolute atomic E-state index is 0.0292. The number of aliphatic hydroxyl groups is 2. The maximum absolute atomic E-state index is 12.7. The number of carbonyl (C=O) groups is 3. The first-order valence-electron chi connectivity index (χ1n) is 17.7. The number of nitrogens with one attached hydrogen (secondary N) is 2. The number of imidazole rings is 1. The fourth-order valence-corrected chi connectivity index (χ4v) is 9.12. The average molecular weight is 928 g/mol. The second-order valence-corrected chi connectivity index (χ2v) is 19.4. The second kappa shape index (κ2) is 22.1. The van der Waals surface area contributed by atoms with Gasteiger partial charge in [0, 0.05) is 30.7 Å². The van der Waals surface area contributed by atoms with Crippen molar-refractivity contribution in [3.63, 3.8) is 0 Å². The molecule has 0 bridgehead atoms. The summed E-state index contributed by atoms with van der Waals surface area (Å²) in [5.41, 5.74) is 4.25. The van der Waals surface area contributed by atoms with E-state index in [9.17, 15) is 57.9 Å². The van der Waals surface area contributed by atoms with Crippen LogP contribution in [0.3, 0.4) is 0 Å². The van der Waals surface area contributed by atoms with Gasteiger partial charge in [-0.25, -0.2) is 28.6 Å². The molecule has 2 aromatic heterocycles. The summed E-state index contributed by atoms with van der Waals surface area (Å²) in [6.07, 6.45) is -2.37. The Kier molecular flexibility index (Phi) is 19.1. The highest BCUT2D eigenvalue weighted by molar-refractivity contribution is 8.13. The zero-order valence-electron chi connectivity index (χ0n) is 31.6. The molecule has 1 fully saturated rings. The Bertz CT molecular complexity index is 1860. The number of alkyl halides is 1. The Morgan fingerprint density at radius 3 is 2.41 bits per heavy atom. The summed E-state index contributed by atoms with van der Waals surface area (Å²) in [5, 5.41) is 25.6. The van der Waals surface area contributed by atoms with E-state index in [1.165, 1.54) is 13.8 Å². The summed E-state index contributed by atoms with van der Waals surface area (Å²) in [5.74, 6) is -1.18. The van der Waals surface area contributed by atoms with Crippen molar-refractivity contribution in [2.75, 3.05) is 37.8 Å². The number of nitrogen functional groups attached to an aromatic ring is 1. The largest absolute Gasteiger partial charge is 0.481 e. The van der Waals surface area contributed by atoms with Gasteiger partial charge in [0.15, 0.2) is 17.7 Å². The number of carbonyl (C=O) groups excluding carboxylic acids is 3. The molecule has 8 unspecified atom stereocenters. The first-order chi connectivity index (χ1) is 27.0. The maximum Gasteiger partial charge on any atom is 0.481 e. The molecule has 0 spiro atoms. The molecule has 330 valence electrons. The molecule has 1 aliphatic heterocycles. The standard InChI is InChI=1S/C29H49ClN7O17P3S/c1-4-5-6-7-8-17(30)28(42)58-12-11-32-19(38)9-10-33-26(41)23(40)29(2,3)14-51-57(48,49)54-56(46,47)50-13-18-22(53-55(43,44)45)21(39)27(52-18)37-16-36-20-24(31)34-15-35-25(20)37/h15-18,21-23,27,39-40H,4-14H2,1-3H3,(H,32,38)(H,33,41)(H,46,47)(H,48,49)(H2,31,34,35)(H2,43,44,45). The highest BCUT2D eigenvalue weighted by atomic mass is 35.5. The molecule has 8 atom stereocenters. The lowest BCUT2D eigenvalue weighted by molar-refractivity contribution is -0.137. The van der Waals surface area contributed by atoms with Gasteiger partial charge in [-0.05, 0) is 6.42 Å². The highest BCUT2D eigenvalue weighted by Gasteiger charge is 2.50. The Morgan fingerprint density at radius 1 is 1.05 bits per heavy atom. The fourth-order valence-electron chi connectivity index (χ4n) is 5.24. The van der Waals surface area contributed by atoms with Crippen LogP contribution >= 0.6 is 46.8 Å². The van der Waals surface area contributed by atoms with E-state index in [0.717, 1.165) is 54.7 Å². The van der Waals surface area contributed by atoms with Gasteiger partial charge in [-0.2, -0.15) is 4.31 Å². The van der Waals surface area contributed by atoms with Gasteiger partial charge >= 0.3 is 23.5 Å². The molecule has 1 saturated heterocycles. The van der Waals surface area contributed by atoms with Crippen molar-refractivity contribution in [2.24, 2.45) is 5.41 Å². The molecule has 0 radical (unpaired) electrons. The number of nitrogens with zero attached hydrogens (tertiary/aromatic N) is 4. The van der Waals surface area contributed by atoms with Gasteiger partial charge in [0.2, 0.25) is 16.9 Å². The van der Waals surface area contributed by atoms with E-state index in [1.807, 2.05) is 0 Å². The Balaban J connectivity index is 1.45. The van der Waals surface area contributed by atoms with Gasteiger partial charge in [-0.1, -0.05) is 58.2 Å². The minimum Gasteiger partial charge on any atom is -0.386 e. The molecule has 3 rings (SSSR count). The molecular weight excluding hydrogens is 879 g/mol. The number of rotatable bonds is 25. The van der Waals surface area contributed by atoms with Crippen LogP contribution in [0.2, 0.25) is 0 Å². The average Bonchev–Trinajstić information content (AvgIpc) is 3.69. The molecule has 1 aliphatic rings. The van der Waals surface area contributed by atoms with Gasteiger partial charge in [-0.15, -0.1) is 11.6 Å². The number of nitrogens with two attached hydrogens (primary N) is 1. The molecule has 3 heterocycles. The number of thioether (sulfide) groups is 1. The number of aliphatic hydroxyl groups excluding tert-OH is 2. The zero-order valence-corrected chi connectivity index (χ0v) is 35.8. The van der Waals surface area contributed by atoms with Gasteiger partial charge < -0.3 is 50.9 Å². The molecule has 0 aromatic carbocycles. The summed E-state index contributed by atoms with van der Waals surface area (Å²) >= 11 is 7.15. The van der Waals surface area contributed by atoms with Crippen LogP contribution < -0.4 is 16.4 Å². The van der Waals surface area contributed by atoms with Crippen molar-refractivity contribution in [3.05, 3.63) is 12.7 Å². The number of anilines is 1. The lowest BCUT2D eigenvalue weighted by Gasteiger charge is -2.30. The van der Waals surface area contributed by atoms with Gasteiger partial charge in [0.05, 0.1) is 19.5 Å². The number of hydrogen-bond donors (Lipinski definition) is 9. The van der Waals surface area contributed by atoms with E-state index in [2.05, 4.69) is 41.3 Å². The predicted molar refractivity (Wildman–Crippen MR) is 205 cm³/mol. The summed E-state index contributed by atoms with van der Waals surface area (Å²) < 4.78 is 62.2. The van der Waals surface area contributed by atoms with Crippen LogP contribution in [0.5, 0.6) is 0 Å². The number of unbranched alkanes of at least 4 members (excludes halogenated alkanes) is 3. The first-order valence-corrected chi connectivity index (χ1v) is 23.6. The third kappa shape index (κ3) is 15.7. The SMILES string of the molecule is CCCCCCC(Cl)C(=O)SCCNC(=O)CCNC(=O)C(O)C(C)(C)COP(=O)(O)OP(=O)(O)OCC1OC(n2cnc3c(N)ncnc32)C(O)C1OP(=O)(O)O. The topological polar surface area (TPSA) is 364 Å². The van der Waals surface area contributed by atoms with E-state index in [0.29, 0.717) is 12.2 Å². The van der Waals surface area contributed by atoms with Gasteiger partial charge in [-0.3, -0.25) is 32.5 Å². The predicted octanol–water partition coefficient (Wildman–Crippen LogP) is 1.24. The number of hydrogen-bond acceptors (Lipinski definition) is 18. The van der Waals surface area contributed by atoms with Crippen molar-refractivity contribution < 1.29 is 80.5 Å². The third-order valence-electron chi connectivity index (χ3n) is 8.31. The third-order valence-corrected chi connectivity index (χ3v) is 12.9. The van der Waals surface area contributed by atoms with Crippen LogP contribution in [0.1, 0.15) is 65.5 Å². The number of halogens is 1. The van der Waals surface area contributed by atoms with Crippen molar-refractivity contribution in [2.45, 2.75) is 95.3 Å². The van der Waals surface area contributed by atoms with Crippen molar-refractivity contribution >= 4 is 80.7 Å². The van der Waals surface area contributed by atoms with Crippen molar-refractivity contribution in [1.29, 1.82) is 0 Å². The van der Waals surface area contributed by atoms with Crippen molar-refractivity contribution in [3.8, 4) is 0 Å². The number of fused-ring (bicyclic) bond motifs is 1. The summed E-state index contributed by atoms with van der Waals surface area (Å²) in [6.45, 7) is 2.52. The Hall–Kier alpha value is -2.15. The molecule has 24 nitrogen and oxygen atoms in total. The molecule has 2 amide bonds. The van der Waals surface area contributed by atoms with E-state index in [1.54, 1.807) is 0 Å². The smallest absolute Gasteiger partial charge is 0.386 e. The van der Waals surface area contributed by atoms with E-state index < -0.39 is 89.9 Å². The molecule has 0 aliphatic carbocycles. The van der Waals surface area contributed by atoms with Gasteiger partial charge in [0.25, 0.3) is 0 Å². The van der Waals surface area contributed by atoms with Crippen LogP contribution in [0.15, 0.2) is 12.7 Å². The molecular formula is C29H49ClN7O17P3S. The van der Waals surface area contributed by atoms with E-state index >= 15 is 0 Å². The molecule has 2 aromatic rings. The number of aromatic nitrogens is 4. The Morgan fingerprint density at radius 2 is 1.74 bits per heavy atom. The molecule has 10 N–H and O–H groups in total. The van der Waals surface area contributed by atoms with Crippen LogP contribution in [-0.4, -0.2) is 128 Å². The van der Waals surface area contributed by atoms with E-state index in [4.69, 9.17) is 31.1 Å². The van der Waals surface area contributed by atoms with E-state index in [-0.39, 0.29) is 41.6 Å². The monoisotopic (exact) mass is 927 g/mol. The lowest BCUT2D eigenvalue weighted by Crippen LogP contribution is -2.46. The first kappa shape index (κ1) is 50.2. The lowest BCUT2D eigenvalue weighted by atomic mass is 9.87. The molecule has 29 heteroatoms. The molecule has 0 saturated carbocycles. The summed E-state index contributed by atoms with van der Waals surface area (Å²) in [7, 11) is -16.4. The van der Waals surface area contributed by atoms with Crippen LogP contribution in [0.4, 0.5) is 5.82 Å². The minimum atomic E-state index is -5.57. The van der Waals surface area contributed by atoms with Crippen molar-refractivity contribution in [1.82, 2.24) is 30.2 Å². The summed E-state index contributed by atoms with van der Waals surface area (Å²) in [6, 6.07) is 0. The quantitative estimate of drug-likeness (QED) is 0.0384. The Labute approximate surface area is 341 Å². The van der Waals surface area contributed by atoms with Crippen LogP contribution in [-0.2, 0) is 50.7 Å². The normalized spacial score (nSPS) is 21.9. The second-order valence-electron chi connectivity index (χ2n) is 13.6. The van der Waals surface area contributed by atoms with Crippen LogP contribution in [0, 0.1) is 5.41 Å². The molecule has 58 heavy (non-hydrogen) atoms. The number of phosphoric ester groups is 3. The zero-order chi connectivity index (χ0) is 43.5. The van der Waals surface area contributed by atoms with Gasteiger partial charge in [0.1, 0.15) is 41.6 Å². The number of ether oxygens (including phenoxy) is 1. The highest BCUT2D eigenvalue weighted by Crippen LogP contribution is 2.61.